The Bertz CT molecular complexity index is 1540. The Kier molecular flexibility index (Phi) is 13.9. The minimum Gasteiger partial charge on any atom is -0.481 e. The molecular weight excluding hydrogens is 620 g/mol. The molecule has 0 aromatic heterocycles. The lowest BCUT2D eigenvalue weighted by atomic mass is 9.97. The van der Waals surface area contributed by atoms with Crippen LogP contribution in [-0.2, 0) is 35.2 Å². The standard InChI is InChI=1S/C33H44N8O7/c1-2-27(42)38-24(14-15-28(43)44)32(48)41-17-6-5-11-26(41)31(47)40-25(19-20-12-13-21-8-3-4-9-22(21)18-20)30(46)39-23(29(34)45)10-7-16-37-33(35)36/h2-4,8-9,12-13,18,23-26H,1,5-7,10-11,14-17,19H2,(H2,34,45)(H,38,42)(H,39,46)(H,40,47)(H,43,44)(H4,35,36,37)/t23-,24-,25-,26-/m0/s1. The number of hydrogen-bond donors (Lipinski definition) is 7. The highest BCUT2D eigenvalue weighted by Crippen LogP contribution is 2.21. The van der Waals surface area contributed by atoms with Crippen molar-refractivity contribution >= 4 is 52.2 Å². The van der Waals surface area contributed by atoms with Crippen molar-refractivity contribution in [3.05, 3.63) is 60.7 Å². The van der Waals surface area contributed by atoms with Crippen LogP contribution in [0.5, 0.6) is 0 Å². The second-order valence-electron chi connectivity index (χ2n) is 11.6. The highest BCUT2D eigenvalue weighted by Gasteiger charge is 2.37. The van der Waals surface area contributed by atoms with Gasteiger partial charge in [-0.05, 0) is 60.9 Å². The van der Waals surface area contributed by atoms with Crippen LogP contribution in [0, 0.1) is 0 Å². The van der Waals surface area contributed by atoms with Crippen LogP contribution in [0.3, 0.4) is 0 Å². The summed E-state index contributed by atoms with van der Waals surface area (Å²) in [6, 6.07) is 8.84. The number of hydrogen-bond acceptors (Lipinski definition) is 7. The zero-order chi connectivity index (χ0) is 35.2. The first-order valence-corrected chi connectivity index (χ1v) is 15.8. The van der Waals surface area contributed by atoms with Gasteiger partial charge in [0.1, 0.15) is 24.2 Å². The lowest BCUT2D eigenvalue weighted by Gasteiger charge is -2.37. The largest absolute Gasteiger partial charge is 0.481 e. The molecule has 3 rings (SSSR count). The minimum absolute atomic E-state index is 0.0547. The summed E-state index contributed by atoms with van der Waals surface area (Å²) in [5, 5.41) is 19.0. The molecule has 1 fully saturated rings. The summed E-state index contributed by atoms with van der Waals surface area (Å²) in [7, 11) is 0. The number of likely N-dealkylation sites (tertiary alicyclic amines) is 1. The van der Waals surface area contributed by atoms with Gasteiger partial charge < -0.3 is 43.2 Å². The predicted molar refractivity (Wildman–Crippen MR) is 179 cm³/mol. The number of carboxylic acids is 1. The number of nitrogens with zero attached hydrogens (tertiary/aromatic N) is 2. The monoisotopic (exact) mass is 664 g/mol. The van der Waals surface area contributed by atoms with Gasteiger partial charge >= 0.3 is 5.97 Å². The molecule has 2 aromatic carbocycles. The molecule has 5 amide bonds. The van der Waals surface area contributed by atoms with Crippen LogP contribution in [0.1, 0.15) is 50.5 Å². The lowest BCUT2D eigenvalue weighted by Crippen LogP contribution is -2.60. The average molecular weight is 665 g/mol. The van der Waals surface area contributed by atoms with Crippen molar-refractivity contribution in [2.75, 3.05) is 13.1 Å². The molecule has 0 saturated carbocycles. The number of primary amides is 1. The number of nitrogens with two attached hydrogens (primary N) is 3. The van der Waals surface area contributed by atoms with Crippen molar-refractivity contribution in [2.45, 2.75) is 75.5 Å². The number of nitrogens with one attached hydrogen (secondary N) is 3. The van der Waals surface area contributed by atoms with E-state index in [4.69, 9.17) is 17.2 Å². The third-order valence-corrected chi connectivity index (χ3v) is 8.03. The Morgan fingerprint density at radius 1 is 0.938 bits per heavy atom. The van der Waals surface area contributed by atoms with Gasteiger partial charge in [0.05, 0.1) is 0 Å². The maximum absolute atomic E-state index is 13.9. The number of aliphatic imine (C=N–C) groups is 1. The molecule has 0 bridgehead atoms. The minimum atomic E-state index is -1.20. The number of piperidine rings is 1. The molecule has 1 heterocycles. The summed E-state index contributed by atoms with van der Waals surface area (Å²) >= 11 is 0. The van der Waals surface area contributed by atoms with E-state index in [-0.39, 0.29) is 51.2 Å². The first kappa shape index (κ1) is 37.0. The number of carbonyl (C=O) groups is 6. The van der Waals surface area contributed by atoms with Crippen molar-refractivity contribution in [2.24, 2.45) is 22.2 Å². The normalized spacial score (nSPS) is 16.1. The Labute approximate surface area is 278 Å². The number of benzene rings is 2. The predicted octanol–water partition coefficient (Wildman–Crippen LogP) is -0.192. The fourth-order valence-electron chi connectivity index (χ4n) is 5.56. The molecular formula is C33H44N8O7. The van der Waals surface area contributed by atoms with E-state index in [2.05, 4.69) is 27.5 Å². The Hall–Kier alpha value is -5.47. The van der Waals surface area contributed by atoms with Gasteiger partial charge in [-0.3, -0.25) is 33.8 Å². The van der Waals surface area contributed by atoms with Gasteiger partial charge in [0.2, 0.25) is 29.5 Å². The van der Waals surface area contributed by atoms with Crippen LogP contribution >= 0.6 is 0 Å². The van der Waals surface area contributed by atoms with Crippen molar-refractivity contribution < 1.29 is 33.9 Å². The number of carbonyl (C=O) groups excluding carboxylic acids is 5. The summed E-state index contributed by atoms with van der Waals surface area (Å²) in [5.74, 6) is -4.58. The van der Waals surface area contributed by atoms with E-state index in [0.29, 0.717) is 19.3 Å². The molecule has 1 aliphatic heterocycles. The van der Waals surface area contributed by atoms with Crippen LogP contribution in [-0.4, -0.2) is 88.7 Å². The van der Waals surface area contributed by atoms with Crippen molar-refractivity contribution in [3.63, 3.8) is 0 Å². The number of rotatable bonds is 17. The van der Waals surface area contributed by atoms with Crippen LogP contribution in [0.2, 0.25) is 0 Å². The van der Waals surface area contributed by atoms with E-state index in [0.717, 1.165) is 22.4 Å². The van der Waals surface area contributed by atoms with Crippen LogP contribution in [0.15, 0.2) is 60.1 Å². The summed E-state index contributed by atoms with van der Waals surface area (Å²) in [5.41, 5.74) is 17.0. The summed E-state index contributed by atoms with van der Waals surface area (Å²) in [6.45, 7) is 3.78. The molecule has 48 heavy (non-hydrogen) atoms. The Morgan fingerprint density at radius 3 is 2.33 bits per heavy atom. The first-order valence-electron chi connectivity index (χ1n) is 15.8. The van der Waals surface area contributed by atoms with Gasteiger partial charge in [-0.1, -0.05) is 49.0 Å². The average Bonchev–Trinajstić information content (AvgIpc) is 3.06. The lowest BCUT2D eigenvalue weighted by molar-refractivity contribution is -0.146. The van der Waals surface area contributed by atoms with Gasteiger partial charge in [0, 0.05) is 25.9 Å². The molecule has 1 aliphatic rings. The fraction of sp³-hybridized carbons (Fsp3) is 0.424. The topological polar surface area (TPSA) is 252 Å². The SMILES string of the molecule is C=CC(=O)N[C@@H](CCC(=O)O)C(=O)N1CCCC[C@H]1C(=O)N[C@@H](Cc1ccc2ccccc2c1)C(=O)N[C@@H](CCCN=C(N)N)C(N)=O. The number of amides is 5. The molecule has 0 radical (unpaired) electrons. The molecule has 2 aromatic rings. The Morgan fingerprint density at radius 2 is 1.67 bits per heavy atom. The fourth-order valence-corrected chi connectivity index (χ4v) is 5.56. The van der Waals surface area contributed by atoms with E-state index in [1.807, 2.05) is 42.5 Å². The van der Waals surface area contributed by atoms with Gasteiger partial charge in [0.25, 0.3) is 0 Å². The third kappa shape index (κ3) is 11.1. The molecule has 0 unspecified atom stereocenters. The molecule has 1 saturated heterocycles. The van der Waals surface area contributed by atoms with Crippen LogP contribution in [0.4, 0.5) is 0 Å². The highest BCUT2D eigenvalue weighted by molar-refractivity contribution is 5.97. The summed E-state index contributed by atoms with van der Waals surface area (Å²) < 4.78 is 0. The second kappa shape index (κ2) is 18.0. The molecule has 4 atom stereocenters. The molecule has 10 N–H and O–H groups in total. The quantitative estimate of drug-likeness (QED) is 0.0511. The van der Waals surface area contributed by atoms with Crippen LogP contribution < -0.4 is 33.2 Å². The molecule has 0 spiro atoms. The van der Waals surface area contributed by atoms with Crippen molar-refractivity contribution in [1.29, 1.82) is 0 Å². The summed E-state index contributed by atoms with van der Waals surface area (Å²) in [6.07, 6.45) is 2.41. The second-order valence-corrected chi connectivity index (χ2v) is 11.6. The molecule has 15 nitrogen and oxygen atoms in total. The van der Waals surface area contributed by atoms with E-state index in [1.165, 1.54) is 4.90 Å². The maximum atomic E-state index is 13.9. The Balaban J connectivity index is 1.86. The van der Waals surface area contributed by atoms with Crippen molar-refractivity contribution in [1.82, 2.24) is 20.9 Å². The van der Waals surface area contributed by atoms with Gasteiger partial charge in [-0.15, -0.1) is 0 Å². The number of carboxylic acid groups (broad SMARTS) is 1. The highest BCUT2D eigenvalue weighted by atomic mass is 16.4. The first-order chi connectivity index (χ1) is 22.9. The van der Waals surface area contributed by atoms with E-state index in [1.54, 1.807) is 0 Å². The number of guanidine groups is 1. The van der Waals surface area contributed by atoms with Gasteiger partial charge in [-0.25, -0.2) is 0 Å². The molecule has 258 valence electrons. The van der Waals surface area contributed by atoms with E-state index >= 15 is 0 Å². The third-order valence-electron chi connectivity index (χ3n) is 8.03. The maximum Gasteiger partial charge on any atom is 0.303 e. The van der Waals surface area contributed by atoms with Crippen LogP contribution in [0.25, 0.3) is 10.8 Å². The van der Waals surface area contributed by atoms with E-state index < -0.39 is 59.7 Å². The zero-order valence-corrected chi connectivity index (χ0v) is 26.7. The van der Waals surface area contributed by atoms with Gasteiger partial charge in [-0.2, -0.15) is 0 Å². The zero-order valence-electron chi connectivity index (χ0n) is 26.7. The van der Waals surface area contributed by atoms with E-state index in [9.17, 15) is 33.9 Å². The number of fused-ring (bicyclic) bond motifs is 1. The summed E-state index contributed by atoms with van der Waals surface area (Å²) in [4.78, 5) is 82.0. The van der Waals surface area contributed by atoms with Crippen molar-refractivity contribution in [3.8, 4) is 0 Å². The smallest absolute Gasteiger partial charge is 0.303 e. The molecule has 15 heteroatoms. The molecule has 0 aliphatic carbocycles. The number of aliphatic carboxylic acids is 1. The van der Waals surface area contributed by atoms with Gasteiger partial charge in [0.15, 0.2) is 5.96 Å².